The lowest BCUT2D eigenvalue weighted by molar-refractivity contribution is -0.128. The highest BCUT2D eigenvalue weighted by Gasteiger charge is 2.26. The van der Waals surface area contributed by atoms with E-state index in [9.17, 15) is 9.59 Å². The molecule has 1 aromatic carbocycles. The number of Topliss-reactive ketones (excluding diaryl/α,β-unsaturated/α-hetero) is 1. The van der Waals surface area contributed by atoms with Gasteiger partial charge in [0.05, 0.1) is 13.0 Å². The van der Waals surface area contributed by atoms with Gasteiger partial charge >= 0.3 is 0 Å². The van der Waals surface area contributed by atoms with Gasteiger partial charge in [0.2, 0.25) is 5.91 Å². The van der Waals surface area contributed by atoms with Crippen molar-refractivity contribution in [1.82, 2.24) is 4.90 Å². The predicted octanol–water partition coefficient (Wildman–Crippen LogP) is 0.570. The number of nitrogens with zero attached hydrogens (tertiary/aromatic N) is 1. The van der Waals surface area contributed by atoms with Gasteiger partial charge in [-0.25, -0.2) is 0 Å². The van der Waals surface area contributed by atoms with Crippen LogP contribution in [-0.2, 0) is 16.1 Å². The summed E-state index contributed by atoms with van der Waals surface area (Å²) in [4.78, 5) is 23.9. The summed E-state index contributed by atoms with van der Waals surface area (Å²) in [5.41, 5.74) is 7.25. The maximum absolute atomic E-state index is 11.3. The fourth-order valence-corrected chi connectivity index (χ4v) is 1.69. The van der Waals surface area contributed by atoms with Gasteiger partial charge in [-0.05, 0) is 17.7 Å². The predicted molar refractivity (Wildman–Crippen MR) is 55.9 cm³/mol. The average Bonchev–Trinajstić information content (AvgIpc) is 2.45. The summed E-state index contributed by atoms with van der Waals surface area (Å²) < 4.78 is 0. The molecule has 1 aliphatic rings. The maximum Gasteiger partial charge on any atom is 0.230 e. The minimum Gasteiger partial charge on any atom is -0.399 e. The second kappa shape index (κ2) is 3.73. The van der Waals surface area contributed by atoms with Crippen LogP contribution < -0.4 is 5.73 Å². The topological polar surface area (TPSA) is 63.4 Å². The van der Waals surface area contributed by atoms with E-state index in [1.165, 1.54) is 0 Å². The fourth-order valence-electron chi connectivity index (χ4n) is 1.69. The van der Waals surface area contributed by atoms with Gasteiger partial charge in [-0.2, -0.15) is 0 Å². The molecule has 0 saturated carbocycles. The maximum atomic E-state index is 11.3. The summed E-state index contributed by atoms with van der Waals surface area (Å²) in [6.45, 7) is 0.698. The summed E-state index contributed by atoms with van der Waals surface area (Å²) in [6.07, 6.45) is 0.0440. The number of carbonyl (C=O) groups is 2. The van der Waals surface area contributed by atoms with Crippen molar-refractivity contribution < 1.29 is 9.59 Å². The molecule has 1 heterocycles. The van der Waals surface area contributed by atoms with Crippen molar-refractivity contribution >= 4 is 17.4 Å². The molecule has 0 bridgehead atoms. The van der Waals surface area contributed by atoms with Gasteiger partial charge in [-0.15, -0.1) is 0 Å². The molecular formula is C11H12N2O2. The Balaban J connectivity index is 2.09. The third kappa shape index (κ3) is 2.15. The molecule has 2 N–H and O–H groups in total. The third-order valence-corrected chi connectivity index (χ3v) is 2.39. The van der Waals surface area contributed by atoms with Gasteiger partial charge in [0.1, 0.15) is 0 Å². The quantitative estimate of drug-likeness (QED) is 0.566. The Morgan fingerprint density at radius 3 is 2.73 bits per heavy atom. The minimum atomic E-state index is -0.0950. The van der Waals surface area contributed by atoms with Crippen LogP contribution in [-0.4, -0.2) is 23.1 Å². The first-order valence-corrected chi connectivity index (χ1v) is 4.79. The van der Waals surface area contributed by atoms with Crippen molar-refractivity contribution in [2.45, 2.75) is 13.0 Å². The van der Waals surface area contributed by atoms with Crippen LogP contribution in [0.25, 0.3) is 0 Å². The van der Waals surface area contributed by atoms with E-state index in [1.54, 1.807) is 11.0 Å². The number of hydrogen-bond donors (Lipinski definition) is 1. The molecule has 0 radical (unpaired) electrons. The van der Waals surface area contributed by atoms with Gasteiger partial charge < -0.3 is 10.6 Å². The summed E-state index contributed by atoms with van der Waals surface area (Å²) in [5.74, 6) is -0.105. The van der Waals surface area contributed by atoms with Crippen LogP contribution in [0.2, 0.25) is 0 Å². The Morgan fingerprint density at radius 1 is 1.33 bits per heavy atom. The smallest absolute Gasteiger partial charge is 0.230 e. The minimum absolute atomic E-state index is 0.0103. The van der Waals surface area contributed by atoms with Crippen LogP contribution in [0.1, 0.15) is 12.0 Å². The zero-order chi connectivity index (χ0) is 10.8. The zero-order valence-corrected chi connectivity index (χ0v) is 8.27. The summed E-state index contributed by atoms with van der Waals surface area (Å²) in [6, 6.07) is 7.34. The molecule has 1 aliphatic heterocycles. The van der Waals surface area contributed by atoms with Crippen LogP contribution in [0.4, 0.5) is 5.69 Å². The van der Waals surface area contributed by atoms with Gasteiger partial charge in [-0.1, -0.05) is 12.1 Å². The highest BCUT2D eigenvalue weighted by atomic mass is 16.2. The third-order valence-electron chi connectivity index (χ3n) is 2.39. The van der Waals surface area contributed by atoms with Crippen LogP contribution in [0.5, 0.6) is 0 Å². The molecule has 78 valence electrons. The molecule has 0 atom stereocenters. The van der Waals surface area contributed by atoms with Crippen LogP contribution >= 0.6 is 0 Å². The van der Waals surface area contributed by atoms with Crippen molar-refractivity contribution in [2.75, 3.05) is 12.3 Å². The van der Waals surface area contributed by atoms with Crippen molar-refractivity contribution in [2.24, 2.45) is 0 Å². The van der Waals surface area contributed by atoms with E-state index in [1.807, 2.05) is 18.2 Å². The highest BCUT2D eigenvalue weighted by Crippen LogP contribution is 2.13. The largest absolute Gasteiger partial charge is 0.399 e. The molecule has 2 rings (SSSR count). The SMILES string of the molecule is Nc1cccc(CN2CC(=O)CC2=O)c1. The van der Waals surface area contributed by atoms with E-state index in [0.29, 0.717) is 12.2 Å². The lowest BCUT2D eigenvalue weighted by atomic mass is 10.2. The second-order valence-electron chi connectivity index (χ2n) is 3.71. The number of carbonyl (C=O) groups excluding carboxylic acids is 2. The Bertz CT molecular complexity index is 415. The number of hydrogen-bond acceptors (Lipinski definition) is 3. The van der Waals surface area contributed by atoms with Crippen molar-refractivity contribution in [1.29, 1.82) is 0 Å². The Hall–Kier alpha value is -1.84. The molecule has 1 amide bonds. The van der Waals surface area contributed by atoms with Crippen LogP contribution in [0.3, 0.4) is 0 Å². The zero-order valence-electron chi connectivity index (χ0n) is 8.27. The van der Waals surface area contributed by atoms with E-state index in [0.717, 1.165) is 5.56 Å². The fraction of sp³-hybridized carbons (Fsp3) is 0.273. The summed E-state index contributed by atoms with van der Waals surface area (Å²) in [5, 5.41) is 0. The molecule has 0 spiro atoms. The molecule has 1 saturated heterocycles. The van der Waals surface area contributed by atoms with Crippen molar-refractivity contribution in [3.05, 3.63) is 29.8 Å². The molecule has 4 heteroatoms. The monoisotopic (exact) mass is 204 g/mol. The first kappa shape index (κ1) is 9.71. The first-order chi connectivity index (χ1) is 7.15. The van der Waals surface area contributed by atoms with Crippen LogP contribution in [0.15, 0.2) is 24.3 Å². The summed E-state index contributed by atoms with van der Waals surface area (Å²) >= 11 is 0. The van der Waals surface area contributed by atoms with E-state index in [2.05, 4.69) is 0 Å². The van der Waals surface area contributed by atoms with Gasteiger partial charge in [0.25, 0.3) is 0 Å². The van der Waals surface area contributed by atoms with Gasteiger partial charge in [0, 0.05) is 12.2 Å². The second-order valence-corrected chi connectivity index (χ2v) is 3.71. The Kier molecular flexibility index (Phi) is 2.41. The number of nitrogen functional groups attached to an aromatic ring is 1. The van der Waals surface area contributed by atoms with E-state index in [-0.39, 0.29) is 24.7 Å². The van der Waals surface area contributed by atoms with E-state index < -0.39 is 0 Å². The standard InChI is InChI=1S/C11H12N2O2/c12-9-3-1-2-8(4-9)6-13-7-10(14)5-11(13)15/h1-4H,5-7,12H2. The number of likely N-dealkylation sites (tertiary alicyclic amines) is 1. The average molecular weight is 204 g/mol. The molecule has 0 unspecified atom stereocenters. The molecule has 0 aromatic heterocycles. The van der Waals surface area contributed by atoms with Gasteiger partial charge in [-0.3, -0.25) is 9.59 Å². The molecule has 0 aliphatic carbocycles. The summed E-state index contributed by atoms with van der Waals surface area (Å²) in [7, 11) is 0. The Labute approximate surface area is 87.7 Å². The molecule has 15 heavy (non-hydrogen) atoms. The van der Waals surface area contributed by atoms with E-state index in [4.69, 9.17) is 5.73 Å². The molecule has 1 fully saturated rings. The van der Waals surface area contributed by atoms with Gasteiger partial charge in [0.15, 0.2) is 5.78 Å². The van der Waals surface area contributed by atoms with Crippen molar-refractivity contribution in [3.63, 3.8) is 0 Å². The number of benzene rings is 1. The normalized spacial score (nSPS) is 16.1. The molecule has 1 aromatic rings. The highest BCUT2D eigenvalue weighted by molar-refractivity contribution is 6.05. The van der Waals surface area contributed by atoms with Crippen LogP contribution in [0, 0.1) is 0 Å². The van der Waals surface area contributed by atoms with Crippen molar-refractivity contribution in [3.8, 4) is 0 Å². The number of amides is 1. The number of rotatable bonds is 2. The number of anilines is 1. The molecular weight excluding hydrogens is 192 g/mol. The molecule has 4 nitrogen and oxygen atoms in total. The Morgan fingerprint density at radius 2 is 2.13 bits per heavy atom. The lowest BCUT2D eigenvalue weighted by Crippen LogP contribution is -2.24. The first-order valence-electron chi connectivity index (χ1n) is 4.79. The number of ketones is 1. The number of nitrogens with two attached hydrogens (primary N) is 1. The van der Waals surface area contributed by atoms with E-state index >= 15 is 0 Å². The lowest BCUT2D eigenvalue weighted by Gasteiger charge is -2.14.